The number of benzene rings is 2. The van der Waals surface area contributed by atoms with Crippen LogP contribution in [0, 0.1) is 5.92 Å². The Bertz CT molecular complexity index is 1550. The number of aliphatic hydroxyl groups is 1. The molecule has 0 saturated heterocycles. The van der Waals surface area contributed by atoms with Gasteiger partial charge in [0.05, 0.1) is 23.0 Å². The van der Waals surface area contributed by atoms with E-state index >= 15 is 0 Å². The zero-order chi connectivity index (χ0) is 25.4. The van der Waals surface area contributed by atoms with E-state index in [1.54, 1.807) is 0 Å². The molecule has 188 valence electrons. The molecule has 37 heavy (non-hydrogen) atoms. The van der Waals surface area contributed by atoms with Gasteiger partial charge in [0.2, 0.25) is 0 Å². The van der Waals surface area contributed by atoms with Crippen LogP contribution < -0.4 is 5.32 Å². The topological polar surface area (TPSA) is 75.9 Å². The van der Waals surface area contributed by atoms with E-state index in [2.05, 4.69) is 44.1 Å². The van der Waals surface area contributed by atoms with Crippen LogP contribution in [-0.4, -0.2) is 30.7 Å². The summed E-state index contributed by atoms with van der Waals surface area (Å²) in [6.45, 7) is 0.690. The highest BCUT2D eigenvalue weighted by Gasteiger charge is 2.34. The zero-order valence-electron chi connectivity index (χ0n) is 20.2. The van der Waals surface area contributed by atoms with Crippen LogP contribution in [0.1, 0.15) is 36.4 Å². The Morgan fingerprint density at radius 1 is 0.946 bits per heavy atom. The smallest absolute Gasteiger partial charge is 0.145 e. The van der Waals surface area contributed by atoms with Gasteiger partial charge in [-0.3, -0.25) is 0 Å². The summed E-state index contributed by atoms with van der Waals surface area (Å²) in [6, 6.07) is 20.4. The lowest BCUT2D eigenvalue weighted by molar-refractivity contribution is 0.136. The van der Waals surface area contributed by atoms with Crippen molar-refractivity contribution in [3.05, 3.63) is 94.5 Å². The molecule has 6 nitrogen and oxygen atoms in total. The van der Waals surface area contributed by atoms with Crippen LogP contribution in [0.2, 0.25) is 10.2 Å². The number of pyridine rings is 1. The van der Waals surface area contributed by atoms with E-state index < -0.39 is 6.10 Å². The molecule has 2 aromatic carbocycles. The van der Waals surface area contributed by atoms with Gasteiger partial charge >= 0.3 is 0 Å². The highest BCUT2D eigenvalue weighted by molar-refractivity contribution is 6.33. The number of fused-ring (bicyclic) bond motifs is 2. The van der Waals surface area contributed by atoms with E-state index in [4.69, 9.17) is 28.2 Å². The largest absolute Gasteiger partial charge is 0.391 e. The molecule has 0 bridgehead atoms. The number of aliphatic hydroxyl groups excluding tert-OH is 1. The molecule has 6 rings (SSSR count). The van der Waals surface area contributed by atoms with Crippen LogP contribution in [0.15, 0.2) is 73.2 Å². The van der Waals surface area contributed by atoms with Gasteiger partial charge in [-0.25, -0.2) is 15.0 Å². The Kier molecular flexibility index (Phi) is 6.72. The second-order valence-corrected chi connectivity index (χ2v) is 10.6. The van der Waals surface area contributed by atoms with E-state index in [1.807, 2.05) is 42.6 Å². The summed E-state index contributed by atoms with van der Waals surface area (Å²) in [6.07, 6.45) is 6.71. The Morgan fingerprint density at radius 2 is 1.76 bits per heavy atom. The van der Waals surface area contributed by atoms with Gasteiger partial charge in [-0.1, -0.05) is 47.5 Å². The number of aryl methyl sites for hydroxylation is 1. The van der Waals surface area contributed by atoms with E-state index in [-0.39, 0.29) is 6.04 Å². The lowest BCUT2D eigenvalue weighted by Crippen LogP contribution is -2.17. The summed E-state index contributed by atoms with van der Waals surface area (Å²) in [4.78, 5) is 13.3. The van der Waals surface area contributed by atoms with E-state index in [0.29, 0.717) is 17.6 Å². The number of hydrogen-bond acceptors (Lipinski definition) is 5. The number of anilines is 1. The molecular formula is C29H27Cl2N5O. The summed E-state index contributed by atoms with van der Waals surface area (Å²) < 4.78 is 2.06. The first-order chi connectivity index (χ1) is 18.0. The molecule has 1 saturated carbocycles. The van der Waals surface area contributed by atoms with E-state index in [9.17, 15) is 5.11 Å². The van der Waals surface area contributed by atoms with Gasteiger partial charge in [-0.15, -0.1) is 0 Å². The molecule has 1 aliphatic rings. The van der Waals surface area contributed by atoms with Crippen molar-refractivity contribution in [1.82, 2.24) is 19.5 Å². The van der Waals surface area contributed by atoms with Crippen molar-refractivity contribution in [3.63, 3.8) is 0 Å². The molecular weight excluding hydrogens is 505 g/mol. The Hall–Kier alpha value is -3.19. The van der Waals surface area contributed by atoms with Crippen LogP contribution in [0.3, 0.4) is 0 Å². The van der Waals surface area contributed by atoms with Crippen LogP contribution in [-0.2, 0) is 13.0 Å². The molecule has 1 fully saturated rings. The van der Waals surface area contributed by atoms with Crippen LogP contribution in [0.25, 0.3) is 21.9 Å². The van der Waals surface area contributed by atoms with Crippen LogP contribution in [0.4, 0.5) is 5.82 Å². The monoisotopic (exact) mass is 531 g/mol. The first-order valence-corrected chi connectivity index (χ1v) is 13.3. The van der Waals surface area contributed by atoms with Gasteiger partial charge in [0, 0.05) is 23.2 Å². The SMILES string of the molecule is OC1CC(CCc2ccc3ccc(NCc4ccc(Cl)cc4)nc3c2)CC1n1ccc2c(Cl)ncnc21. The fraction of sp³-hybridized carbons (Fsp3) is 0.276. The third-order valence-electron chi connectivity index (χ3n) is 7.40. The Labute approximate surface area is 225 Å². The second-order valence-electron chi connectivity index (χ2n) is 9.84. The third kappa shape index (κ3) is 5.14. The number of hydrogen-bond donors (Lipinski definition) is 2. The number of rotatable bonds is 7. The van der Waals surface area contributed by atoms with Crippen molar-refractivity contribution in [1.29, 1.82) is 0 Å². The average Bonchev–Trinajstić information content (AvgIpc) is 3.50. The zero-order valence-corrected chi connectivity index (χ0v) is 21.7. The highest BCUT2D eigenvalue weighted by Crippen LogP contribution is 2.39. The van der Waals surface area contributed by atoms with Gasteiger partial charge in [-0.2, -0.15) is 0 Å². The van der Waals surface area contributed by atoms with Crippen molar-refractivity contribution in [2.24, 2.45) is 5.92 Å². The van der Waals surface area contributed by atoms with Crippen LogP contribution >= 0.6 is 23.2 Å². The number of nitrogens with one attached hydrogen (secondary N) is 1. The first kappa shape index (κ1) is 24.2. The van der Waals surface area contributed by atoms with Crippen molar-refractivity contribution in [3.8, 4) is 0 Å². The summed E-state index contributed by atoms with van der Waals surface area (Å²) >= 11 is 12.2. The lowest BCUT2D eigenvalue weighted by Gasteiger charge is -2.17. The number of halogens is 2. The van der Waals surface area contributed by atoms with E-state index in [0.717, 1.165) is 64.0 Å². The van der Waals surface area contributed by atoms with Gasteiger partial charge in [-0.05, 0) is 79.1 Å². The quantitative estimate of drug-likeness (QED) is 0.225. The van der Waals surface area contributed by atoms with Gasteiger partial charge in [0.15, 0.2) is 0 Å². The predicted molar refractivity (Wildman–Crippen MR) is 149 cm³/mol. The third-order valence-corrected chi connectivity index (χ3v) is 7.95. The van der Waals surface area contributed by atoms with Crippen LogP contribution in [0.5, 0.6) is 0 Å². The second kappa shape index (κ2) is 10.3. The normalized spacial score (nSPS) is 19.6. The maximum Gasteiger partial charge on any atom is 0.145 e. The average molecular weight is 532 g/mol. The van der Waals surface area contributed by atoms with Crippen molar-refractivity contribution >= 4 is 51.0 Å². The maximum atomic E-state index is 10.9. The molecule has 0 aliphatic heterocycles. The fourth-order valence-electron chi connectivity index (χ4n) is 5.42. The Balaban J connectivity index is 1.11. The molecule has 3 heterocycles. The van der Waals surface area contributed by atoms with Crippen molar-refractivity contribution < 1.29 is 5.11 Å². The van der Waals surface area contributed by atoms with Gasteiger partial charge in [0.1, 0.15) is 22.9 Å². The molecule has 0 radical (unpaired) electrons. The van der Waals surface area contributed by atoms with Gasteiger partial charge < -0.3 is 15.0 Å². The standard InChI is InChI=1S/C29H27Cl2N5O/c30-22-8-4-19(5-9-22)16-32-27-10-7-21-6-3-18(13-24(21)35-27)1-2-20-14-25(26(37)15-20)36-12-11-23-28(31)33-17-34-29(23)36/h3-13,17,20,25-26,37H,1-2,14-16H2,(H,32,35). The molecule has 0 amide bonds. The van der Waals surface area contributed by atoms with Crippen molar-refractivity contribution in [2.45, 2.75) is 44.4 Å². The van der Waals surface area contributed by atoms with Gasteiger partial charge in [0.25, 0.3) is 0 Å². The summed E-state index contributed by atoms with van der Waals surface area (Å²) in [5, 5.41) is 17.4. The summed E-state index contributed by atoms with van der Waals surface area (Å²) in [5.74, 6) is 1.29. The Morgan fingerprint density at radius 3 is 2.62 bits per heavy atom. The molecule has 2 N–H and O–H groups in total. The summed E-state index contributed by atoms with van der Waals surface area (Å²) in [5.41, 5.74) is 4.18. The minimum atomic E-state index is -0.401. The molecule has 1 aliphatic carbocycles. The molecule has 3 unspecified atom stereocenters. The minimum absolute atomic E-state index is 0.000935. The molecule has 0 spiro atoms. The van der Waals surface area contributed by atoms with Crippen molar-refractivity contribution in [2.75, 3.05) is 5.32 Å². The first-order valence-electron chi connectivity index (χ1n) is 12.6. The minimum Gasteiger partial charge on any atom is -0.391 e. The molecule has 8 heteroatoms. The fourth-order valence-corrected chi connectivity index (χ4v) is 5.74. The summed E-state index contributed by atoms with van der Waals surface area (Å²) in [7, 11) is 0. The molecule has 5 aromatic rings. The maximum absolute atomic E-state index is 10.9. The van der Waals surface area contributed by atoms with E-state index in [1.165, 1.54) is 11.9 Å². The number of aromatic nitrogens is 4. The lowest BCUT2D eigenvalue weighted by atomic mass is 9.97. The molecule has 3 atom stereocenters. The highest BCUT2D eigenvalue weighted by atomic mass is 35.5. The molecule has 3 aromatic heterocycles. The predicted octanol–water partition coefficient (Wildman–Crippen LogP) is 6.84. The number of nitrogens with zero attached hydrogens (tertiary/aromatic N) is 4.